The van der Waals surface area contributed by atoms with E-state index in [9.17, 15) is 4.79 Å². The Bertz CT molecular complexity index is 233. The van der Waals surface area contributed by atoms with E-state index in [1.807, 2.05) is 7.05 Å². The van der Waals surface area contributed by atoms with Crippen LogP contribution in [-0.2, 0) is 9.53 Å². The number of methoxy groups -OCH3 is 1. The monoisotopic (exact) mass is 228 g/mol. The number of rotatable bonds is 5. The number of likely N-dealkylation sites (tertiary alicyclic amines) is 1. The molecule has 1 fully saturated rings. The third-order valence-corrected chi connectivity index (χ3v) is 3.65. The second kappa shape index (κ2) is 6.21. The van der Waals surface area contributed by atoms with Gasteiger partial charge in [-0.25, -0.2) is 0 Å². The molecule has 0 aromatic carbocycles. The number of ether oxygens (including phenoxy) is 1. The van der Waals surface area contributed by atoms with Crippen LogP contribution >= 0.6 is 0 Å². The largest absolute Gasteiger partial charge is 0.468 e. The number of carbonyl (C=O) groups excluding carboxylic acids is 1. The number of hydrogen-bond acceptors (Lipinski definition) is 4. The van der Waals surface area contributed by atoms with Crippen LogP contribution in [0.4, 0.5) is 0 Å². The van der Waals surface area contributed by atoms with Crippen LogP contribution in [0.15, 0.2) is 0 Å². The highest BCUT2D eigenvalue weighted by Gasteiger charge is 2.32. The molecule has 0 spiro atoms. The minimum atomic E-state index is -0.209. The molecule has 0 radical (unpaired) electrons. The molecule has 1 saturated heterocycles. The van der Waals surface area contributed by atoms with E-state index in [0.29, 0.717) is 12.1 Å². The molecule has 0 aromatic heterocycles. The average molecular weight is 228 g/mol. The maximum atomic E-state index is 11.5. The van der Waals surface area contributed by atoms with Gasteiger partial charge in [0.1, 0.15) is 6.04 Å². The summed E-state index contributed by atoms with van der Waals surface area (Å²) in [5, 5.41) is 3.03. The van der Waals surface area contributed by atoms with Gasteiger partial charge in [0.25, 0.3) is 0 Å². The number of nitrogens with zero attached hydrogens (tertiary/aromatic N) is 1. The van der Waals surface area contributed by atoms with Gasteiger partial charge in [-0.1, -0.05) is 6.92 Å². The van der Waals surface area contributed by atoms with E-state index >= 15 is 0 Å². The van der Waals surface area contributed by atoms with E-state index < -0.39 is 0 Å². The molecule has 1 heterocycles. The maximum Gasteiger partial charge on any atom is 0.324 e. The van der Waals surface area contributed by atoms with E-state index in [1.165, 1.54) is 20.0 Å². The molecule has 16 heavy (non-hydrogen) atoms. The van der Waals surface area contributed by atoms with Crippen LogP contribution < -0.4 is 5.32 Å². The molecule has 0 aliphatic carbocycles. The van der Waals surface area contributed by atoms with Gasteiger partial charge in [0.15, 0.2) is 0 Å². The van der Waals surface area contributed by atoms with Gasteiger partial charge >= 0.3 is 5.97 Å². The van der Waals surface area contributed by atoms with Crippen molar-refractivity contribution in [3.8, 4) is 0 Å². The Kier molecular flexibility index (Phi) is 5.22. The Balaban J connectivity index is 2.58. The Labute approximate surface area is 98.3 Å². The lowest BCUT2D eigenvalue weighted by atomic mass is 10.1. The van der Waals surface area contributed by atoms with E-state index in [0.717, 1.165) is 13.0 Å². The topological polar surface area (TPSA) is 41.6 Å². The van der Waals surface area contributed by atoms with Crippen LogP contribution in [0.3, 0.4) is 0 Å². The number of hydrogen-bond donors (Lipinski definition) is 1. The first-order valence-electron chi connectivity index (χ1n) is 6.14. The van der Waals surface area contributed by atoms with Gasteiger partial charge in [-0.2, -0.15) is 0 Å². The van der Waals surface area contributed by atoms with Crippen LogP contribution in [-0.4, -0.2) is 49.7 Å². The summed E-state index contributed by atoms with van der Waals surface area (Å²) in [5.41, 5.74) is 0. The summed E-state index contributed by atoms with van der Waals surface area (Å²) >= 11 is 0. The predicted molar refractivity (Wildman–Crippen MR) is 64.3 cm³/mol. The van der Waals surface area contributed by atoms with Crippen LogP contribution in [0.1, 0.15) is 33.1 Å². The summed E-state index contributed by atoms with van der Waals surface area (Å²) < 4.78 is 4.79. The minimum absolute atomic E-state index is 0.170. The van der Waals surface area contributed by atoms with Gasteiger partial charge < -0.3 is 10.1 Å². The number of nitrogens with one attached hydrogen (secondary N) is 1. The predicted octanol–water partition coefficient (Wildman–Crippen LogP) is 1.01. The van der Waals surface area contributed by atoms with Crippen molar-refractivity contribution in [2.24, 2.45) is 0 Å². The van der Waals surface area contributed by atoms with Gasteiger partial charge in [-0.05, 0) is 33.2 Å². The summed E-state index contributed by atoms with van der Waals surface area (Å²) in [6.07, 6.45) is 3.63. The zero-order valence-corrected chi connectivity index (χ0v) is 10.8. The quantitative estimate of drug-likeness (QED) is 0.713. The molecule has 1 aliphatic rings. The molecular formula is C12H24N2O2. The summed E-state index contributed by atoms with van der Waals surface area (Å²) in [6.45, 7) is 5.20. The molecule has 3 unspecified atom stereocenters. The van der Waals surface area contributed by atoms with Crippen LogP contribution in [0.2, 0.25) is 0 Å². The third-order valence-electron chi connectivity index (χ3n) is 3.65. The molecule has 4 nitrogen and oxygen atoms in total. The van der Waals surface area contributed by atoms with Gasteiger partial charge in [0.05, 0.1) is 7.11 Å². The van der Waals surface area contributed by atoms with E-state index in [2.05, 4.69) is 24.1 Å². The molecule has 1 N–H and O–H groups in total. The SMILES string of the molecule is CCC1CCC(C)N1CC(NC)C(=O)OC. The Morgan fingerprint density at radius 1 is 1.56 bits per heavy atom. The molecule has 94 valence electrons. The Morgan fingerprint density at radius 2 is 2.25 bits per heavy atom. The summed E-state index contributed by atoms with van der Waals surface area (Å²) in [4.78, 5) is 13.9. The summed E-state index contributed by atoms with van der Waals surface area (Å²) in [6, 6.07) is 0.987. The van der Waals surface area contributed by atoms with Crippen molar-refractivity contribution in [2.75, 3.05) is 20.7 Å². The lowest BCUT2D eigenvalue weighted by Gasteiger charge is -2.30. The minimum Gasteiger partial charge on any atom is -0.468 e. The van der Waals surface area contributed by atoms with Gasteiger partial charge in [0.2, 0.25) is 0 Å². The highest BCUT2D eigenvalue weighted by Crippen LogP contribution is 2.25. The van der Waals surface area contributed by atoms with Crippen LogP contribution in [0.25, 0.3) is 0 Å². The molecule has 3 atom stereocenters. The number of likely N-dealkylation sites (N-methyl/N-ethyl adjacent to an activating group) is 1. The molecule has 0 saturated carbocycles. The first-order valence-corrected chi connectivity index (χ1v) is 6.14. The average Bonchev–Trinajstić information content (AvgIpc) is 2.66. The highest BCUT2D eigenvalue weighted by atomic mass is 16.5. The molecule has 4 heteroatoms. The van der Waals surface area contributed by atoms with Crippen molar-refractivity contribution in [1.29, 1.82) is 0 Å². The van der Waals surface area contributed by atoms with E-state index in [4.69, 9.17) is 4.74 Å². The molecular weight excluding hydrogens is 204 g/mol. The second-order valence-electron chi connectivity index (χ2n) is 4.55. The summed E-state index contributed by atoms with van der Waals surface area (Å²) in [5.74, 6) is -0.170. The summed E-state index contributed by atoms with van der Waals surface area (Å²) in [7, 11) is 3.25. The van der Waals surface area contributed by atoms with Crippen molar-refractivity contribution >= 4 is 5.97 Å². The lowest BCUT2D eigenvalue weighted by molar-refractivity contribution is -0.143. The lowest BCUT2D eigenvalue weighted by Crippen LogP contribution is -2.48. The molecule has 1 aliphatic heterocycles. The number of esters is 1. The Morgan fingerprint density at radius 3 is 2.75 bits per heavy atom. The van der Waals surface area contributed by atoms with Crippen LogP contribution in [0, 0.1) is 0 Å². The highest BCUT2D eigenvalue weighted by molar-refractivity contribution is 5.75. The van der Waals surface area contributed by atoms with Crippen molar-refractivity contribution in [2.45, 2.75) is 51.2 Å². The maximum absolute atomic E-state index is 11.5. The smallest absolute Gasteiger partial charge is 0.324 e. The van der Waals surface area contributed by atoms with Crippen molar-refractivity contribution < 1.29 is 9.53 Å². The van der Waals surface area contributed by atoms with Crippen molar-refractivity contribution in [3.63, 3.8) is 0 Å². The third kappa shape index (κ3) is 2.95. The molecule has 0 bridgehead atoms. The van der Waals surface area contributed by atoms with Crippen LogP contribution in [0.5, 0.6) is 0 Å². The number of carbonyl (C=O) groups is 1. The van der Waals surface area contributed by atoms with Crippen molar-refractivity contribution in [1.82, 2.24) is 10.2 Å². The molecule has 0 amide bonds. The zero-order chi connectivity index (χ0) is 12.1. The van der Waals surface area contributed by atoms with Crippen molar-refractivity contribution in [3.05, 3.63) is 0 Å². The van der Waals surface area contributed by atoms with Gasteiger partial charge in [0, 0.05) is 18.6 Å². The first-order chi connectivity index (χ1) is 7.63. The first kappa shape index (κ1) is 13.5. The zero-order valence-electron chi connectivity index (χ0n) is 10.8. The standard InChI is InChI=1S/C12H24N2O2/c1-5-10-7-6-9(2)14(10)8-11(13-3)12(15)16-4/h9-11,13H,5-8H2,1-4H3. The molecule has 0 aromatic rings. The van der Waals surface area contributed by atoms with Gasteiger partial charge in [-0.3, -0.25) is 9.69 Å². The normalized spacial score (nSPS) is 28.0. The van der Waals surface area contributed by atoms with E-state index in [1.54, 1.807) is 0 Å². The fourth-order valence-electron chi connectivity index (χ4n) is 2.53. The van der Waals surface area contributed by atoms with E-state index in [-0.39, 0.29) is 12.0 Å². The fourth-order valence-corrected chi connectivity index (χ4v) is 2.53. The molecule has 1 rings (SSSR count). The van der Waals surface area contributed by atoms with Gasteiger partial charge in [-0.15, -0.1) is 0 Å². The fraction of sp³-hybridized carbons (Fsp3) is 0.917. The Hall–Kier alpha value is -0.610. The second-order valence-corrected chi connectivity index (χ2v) is 4.55.